The Morgan fingerprint density at radius 1 is 1.08 bits per heavy atom. The van der Waals surface area contributed by atoms with Crippen molar-refractivity contribution in [1.82, 2.24) is 4.98 Å². The summed E-state index contributed by atoms with van der Waals surface area (Å²) in [5.41, 5.74) is 5.01. The Labute approximate surface area is 153 Å². The van der Waals surface area contributed by atoms with Gasteiger partial charge in [0, 0.05) is 29.7 Å². The molecule has 2 heterocycles. The van der Waals surface area contributed by atoms with Crippen LogP contribution in [0.5, 0.6) is 0 Å². The SMILES string of the molecule is O=C(O)c1[nH]c2ccccc2c1CCCCN1CCCc2ccccc21. The number of aromatic carboxylic acids is 1. The number of para-hydroxylation sites is 2. The summed E-state index contributed by atoms with van der Waals surface area (Å²) in [6.07, 6.45) is 5.22. The van der Waals surface area contributed by atoms with Gasteiger partial charge in [-0.25, -0.2) is 4.79 Å². The number of nitrogens with one attached hydrogen (secondary N) is 1. The molecule has 4 rings (SSSR count). The van der Waals surface area contributed by atoms with Crippen LogP contribution in [-0.4, -0.2) is 29.1 Å². The summed E-state index contributed by atoms with van der Waals surface area (Å²) in [6.45, 7) is 2.15. The van der Waals surface area contributed by atoms with Crippen LogP contribution < -0.4 is 4.90 Å². The molecule has 0 amide bonds. The van der Waals surface area contributed by atoms with Crippen LogP contribution in [0.25, 0.3) is 10.9 Å². The fourth-order valence-electron chi connectivity index (χ4n) is 4.09. The smallest absolute Gasteiger partial charge is 0.352 e. The standard InChI is InChI=1S/C22H24N2O2/c25-22(26)21-18(17-10-2-3-12-19(17)23-21)11-5-6-14-24-15-7-9-16-8-1-4-13-20(16)24/h1-4,8,10,12-13,23H,5-7,9,11,14-15H2,(H,25,26). The van der Waals surface area contributed by atoms with Gasteiger partial charge in [-0.1, -0.05) is 36.4 Å². The molecule has 1 aliphatic heterocycles. The molecule has 2 N–H and O–H groups in total. The van der Waals surface area contributed by atoms with Gasteiger partial charge < -0.3 is 15.0 Å². The maximum absolute atomic E-state index is 11.6. The number of fused-ring (bicyclic) bond motifs is 2. The van der Waals surface area contributed by atoms with Gasteiger partial charge in [-0.05, 0) is 55.4 Å². The maximum atomic E-state index is 11.6. The van der Waals surface area contributed by atoms with Crippen LogP contribution in [0, 0.1) is 0 Å². The highest BCUT2D eigenvalue weighted by atomic mass is 16.4. The number of aromatic nitrogens is 1. The minimum atomic E-state index is -0.874. The van der Waals surface area contributed by atoms with E-state index < -0.39 is 5.97 Å². The van der Waals surface area contributed by atoms with E-state index in [0.717, 1.165) is 48.8 Å². The van der Waals surface area contributed by atoms with Crippen LogP contribution in [0.4, 0.5) is 5.69 Å². The van der Waals surface area contributed by atoms with Gasteiger partial charge in [0.2, 0.25) is 0 Å². The van der Waals surface area contributed by atoms with E-state index in [2.05, 4.69) is 34.1 Å². The molecule has 134 valence electrons. The molecule has 1 aliphatic rings. The molecule has 0 saturated carbocycles. The van der Waals surface area contributed by atoms with Crippen molar-refractivity contribution in [2.45, 2.75) is 32.1 Å². The topological polar surface area (TPSA) is 56.3 Å². The monoisotopic (exact) mass is 348 g/mol. The molecule has 3 aromatic rings. The lowest BCUT2D eigenvalue weighted by Gasteiger charge is -2.31. The number of unbranched alkanes of at least 4 members (excludes halogenated alkanes) is 1. The lowest BCUT2D eigenvalue weighted by molar-refractivity contribution is 0.0690. The van der Waals surface area contributed by atoms with Crippen molar-refractivity contribution in [3.05, 3.63) is 65.4 Å². The van der Waals surface area contributed by atoms with Gasteiger partial charge in [0.15, 0.2) is 0 Å². The van der Waals surface area contributed by atoms with Gasteiger partial charge >= 0.3 is 5.97 Å². The molecule has 0 bridgehead atoms. The lowest BCUT2D eigenvalue weighted by Crippen LogP contribution is -2.30. The number of hydrogen-bond acceptors (Lipinski definition) is 2. The first-order chi connectivity index (χ1) is 12.7. The average Bonchev–Trinajstić information content (AvgIpc) is 3.04. The second-order valence-electron chi connectivity index (χ2n) is 7.01. The van der Waals surface area contributed by atoms with Crippen LogP contribution in [-0.2, 0) is 12.8 Å². The number of benzene rings is 2. The second-order valence-corrected chi connectivity index (χ2v) is 7.01. The molecule has 26 heavy (non-hydrogen) atoms. The zero-order valence-electron chi connectivity index (χ0n) is 14.9. The van der Waals surface area contributed by atoms with Gasteiger partial charge in [0.1, 0.15) is 5.69 Å². The summed E-state index contributed by atoms with van der Waals surface area (Å²) in [7, 11) is 0. The van der Waals surface area contributed by atoms with Gasteiger partial charge in [0.05, 0.1) is 0 Å². The molecule has 0 fully saturated rings. The minimum absolute atomic E-state index is 0.342. The summed E-state index contributed by atoms with van der Waals surface area (Å²) >= 11 is 0. The number of carboxylic acids is 1. The number of carbonyl (C=O) groups is 1. The third kappa shape index (κ3) is 3.19. The van der Waals surface area contributed by atoms with E-state index in [0.29, 0.717) is 5.69 Å². The van der Waals surface area contributed by atoms with Crippen molar-refractivity contribution in [3.63, 3.8) is 0 Å². The number of rotatable bonds is 6. The highest BCUT2D eigenvalue weighted by Crippen LogP contribution is 2.28. The largest absolute Gasteiger partial charge is 0.477 e. The van der Waals surface area contributed by atoms with Crippen molar-refractivity contribution in [3.8, 4) is 0 Å². The third-order valence-electron chi connectivity index (χ3n) is 5.34. The molecule has 4 nitrogen and oxygen atoms in total. The fraction of sp³-hybridized carbons (Fsp3) is 0.318. The maximum Gasteiger partial charge on any atom is 0.352 e. The molecule has 1 aromatic heterocycles. The fourth-order valence-corrected chi connectivity index (χ4v) is 4.09. The van der Waals surface area contributed by atoms with Gasteiger partial charge in [-0.3, -0.25) is 0 Å². The summed E-state index contributed by atoms with van der Waals surface area (Å²) in [5, 5.41) is 10.5. The molecule has 0 unspecified atom stereocenters. The first-order valence-electron chi connectivity index (χ1n) is 9.40. The number of H-pyrrole nitrogens is 1. The summed E-state index contributed by atoms with van der Waals surface area (Å²) in [6, 6.07) is 16.5. The molecule has 0 spiro atoms. The van der Waals surface area contributed by atoms with E-state index in [1.807, 2.05) is 24.3 Å². The number of aromatic amines is 1. The van der Waals surface area contributed by atoms with Gasteiger partial charge in [-0.15, -0.1) is 0 Å². The van der Waals surface area contributed by atoms with E-state index in [9.17, 15) is 9.90 Å². The van der Waals surface area contributed by atoms with Gasteiger partial charge in [-0.2, -0.15) is 0 Å². The highest BCUT2D eigenvalue weighted by Gasteiger charge is 2.18. The van der Waals surface area contributed by atoms with Crippen LogP contribution in [0.2, 0.25) is 0 Å². The van der Waals surface area contributed by atoms with Crippen molar-refractivity contribution >= 4 is 22.6 Å². The van der Waals surface area contributed by atoms with Crippen LogP contribution in [0.1, 0.15) is 40.9 Å². The normalized spacial score (nSPS) is 13.8. The number of aryl methyl sites for hydroxylation is 2. The van der Waals surface area contributed by atoms with Crippen LogP contribution in [0.3, 0.4) is 0 Å². The molecule has 0 saturated heterocycles. The Kier molecular flexibility index (Phi) is 4.65. The molecule has 4 heteroatoms. The van der Waals surface area contributed by atoms with E-state index in [1.165, 1.54) is 24.1 Å². The number of nitrogens with zero attached hydrogens (tertiary/aromatic N) is 1. The molecule has 0 radical (unpaired) electrons. The Bertz CT molecular complexity index is 929. The Balaban J connectivity index is 1.42. The van der Waals surface area contributed by atoms with Crippen molar-refractivity contribution in [1.29, 1.82) is 0 Å². The summed E-state index contributed by atoms with van der Waals surface area (Å²) in [5.74, 6) is -0.874. The number of anilines is 1. The van der Waals surface area contributed by atoms with Crippen LogP contribution in [0.15, 0.2) is 48.5 Å². The number of hydrogen-bond donors (Lipinski definition) is 2. The molecular formula is C22H24N2O2. The lowest BCUT2D eigenvalue weighted by atomic mass is 10.0. The zero-order valence-corrected chi connectivity index (χ0v) is 14.9. The Morgan fingerprint density at radius 3 is 2.77 bits per heavy atom. The summed E-state index contributed by atoms with van der Waals surface area (Å²) in [4.78, 5) is 17.1. The van der Waals surface area contributed by atoms with E-state index in [-0.39, 0.29) is 0 Å². The van der Waals surface area contributed by atoms with Crippen molar-refractivity contribution in [2.75, 3.05) is 18.0 Å². The molecule has 0 aliphatic carbocycles. The van der Waals surface area contributed by atoms with E-state index in [1.54, 1.807) is 0 Å². The molecule has 2 aromatic carbocycles. The highest BCUT2D eigenvalue weighted by molar-refractivity contribution is 5.97. The predicted molar refractivity (Wildman–Crippen MR) is 105 cm³/mol. The predicted octanol–water partition coefficient (Wildman–Crippen LogP) is 4.64. The zero-order chi connectivity index (χ0) is 17.9. The molecule has 0 atom stereocenters. The quantitative estimate of drug-likeness (QED) is 0.638. The summed E-state index contributed by atoms with van der Waals surface area (Å²) < 4.78 is 0. The third-order valence-corrected chi connectivity index (χ3v) is 5.34. The molecular weight excluding hydrogens is 324 g/mol. The first-order valence-corrected chi connectivity index (χ1v) is 9.40. The Morgan fingerprint density at radius 2 is 1.88 bits per heavy atom. The van der Waals surface area contributed by atoms with Crippen molar-refractivity contribution in [2.24, 2.45) is 0 Å². The number of carboxylic acid groups (broad SMARTS) is 1. The van der Waals surface area contributed by atoms with E-state index >= 15 is 0 Å². The van der Waals surface area contributed by atoms with Crippen molar-refractivity contribution < 1.29 is 9.90 Å². The van der Waals surface area contributed by atoms with E-state index in [4.69, 9.17) is 0 Å². The second kappa shape index (κ2) is 7.24. The van der Waals surface area contributed by atoms with Gasteiger partial charge in [0.25, 0.3) is 0 Å². The first kappa shape index (κ1) is 16.7. The van der Waals surface area contributed by atoms with Crippen LogP contribution >= 0.6 is 0 Å². The average molecular weight is 348 g/mol. The minimum Gasteiger partial charge on any atom is -0.477 e. The Hall–Kier alpha value is -2.75.